The monoisotopic (exact) mass is 357 g/mol. The highest BCUT2D eigenvalue weighted by atomic mass is 19.3. The van der Waals surface area contributed by atoms with Crippen LogP contribution in [0.4, 0.5) is 8.78 Å². The van der Waals surface area contributed by atoms with Crippen molar-refractivity contribution in [1.82, 2.24) is 14.9 Å². The normalized spacial score (nSPS) is 17.2. The summed E-state index contributed by atoms with van der Waals surface area (Å²) >= 11 is 0. The molecule has 134 valence electrons. The van der Waals surface area contributed by atoms with Crippen molar-refractivity contribution in [3.63, 3.8) is 0 Å². The maximum atomic E-state index is 12.9. The van der Waals surface area contributed by atoms with Gasteiger partial charge in [-0.05, 0) is 49.2 Å². The Kier molecular flexibility index (Phi) is 4.28. The van der Waals surface area contributed by atoms with Gasteiger partial charge in [-0.25, -0.2) is 4.98 Å². The molecule has 1 amide bonds. The van der Waals surface area contributed by atoms with E-state index in [0.717, 1.165) is 29.7 Å². The van der Waals surface area contributed by atoms with Gasteiger partial charge in [0.2, 0.25) is 0 Å². The van der Waals surface area contributed by atoms with Crippen LogP contribution in [0.25, 0.3) is 11.0 Å². The number of hydrogen-bond acceptors (Lipinski definition) is 3. The standard InChI is InChI=1S/C19H17F2N3O2/c20-19(21)26-13-9-7-12(8-10-13)18(25)24-11-3-6-16(24)17-22-14-4-1-2-5-15(14)23-17/h1-2,4-5,7-10,16,19H,3,6,11H2,(H,22,23)/t16-/m0/s1. The van der Waals surface area contributed by atoms with Crippen LogP contribution in [-0.2, 0) is 0 Å². The number of aromatic amines is 1. The molecule has 0 unspecified atom stereocenters. The van der Waals surface area contributed by atoms with E-state index >= 15 is 0 Å². The highest BCUT2D eigenvalue weighted by Gasteiger charge is 2.32. The number of nitrogens with zero attached hydrogens (tertiary/aromatic N) is 2. The number of rotatable bonds is 4. The summed E-state index contributed by atoms with van der Waals surface area (Å²) in [6, 6.07) is 13.4. The van der Waals surface area contributed by atoms with Crippen molar-refractivity contribution in [3.05, 3.63) is 59.9 Å². The van der Waals surface area contributed by atoms with Gasteiger partial charge in [-0.2, -0.15) is 8.78 Å². The number of ether oxygens (including phenoxy) is 1. The molecule has 0 spiro atoms. The van der Waals surface area contributed by atoms with E-state index in [1.165, 1.54) is 24.3 Å². The third-order valence-electron chi connectivity index (χ3n) is 4.56. The van der Waals surface area contributed by atoms with E-state index in [0.29, 0.717) is 12.1 Å². The molecule has 0 saturated carbocycles. The highest BCUT2D eigenvalue weighted by molar-refractivity contribution is 5.94. The van der Waals surface area contributed by atoms with Crippen LogP contribution in [0, 0.1) is 0 Å². The van der Waals surface area contributed by atoms with E-state index in [1.54, 1.807) is 4.90 Å². The zero-order chi connectivity index (χ0) is 18.1. The molecule has 7 heteroatoms. The number of carbonyl (C=O) groups excluding carboxylic acids is 1. The van der Waals surface area contributed by atoms with Gasteiger partial charge in [0, 0.05) is 12.1 Å². The third kappa shape index (κ3) is 3.12. The molecule has 1 aromatic heterocycles. The fourth-order valence-electron chi connectivity index (χ4n) is 3.37. The Morgan fingerprint density at radius 2 is 1.96 bits per heavy atom. The van der Waals surface area contributed by atoms with Gasteiger partial charge in [-0.3, -0.25) is 4.79 Å². The van der Waals surface area contributed by atoms with Crippen LogP contribution in [-0.4, -0.2) is 33.9 Å². The summed E-state index contributed by atoms with van der Waals surface area (Å²) in [5, 5.41) is 0. The molecule has 1 aliphatic heterocycles. The number of fused-ring (bicyclic) bond motifs is 1. The van der Waals surface area contributed by atoms with Crippen LogP contribution in [0.1, 0.15) is 35.1 Å². The third-order valence-corrected chi connectivity index (χ3v) is 4.56. The Bertz CT molecular complexity index is 891. The summed E-state index contributed by atoms with van der Waals surface area (Å²) < 4.78 is 28.8. The molecule has 0 radical (unpaired) electrons. The number of benzene rings is 2. The summed E-state index contributed by atoms with van der Waals surface area (Å²) in [6.45, 7) is -2.25. The van der Waals surface area contributed by atoms with Crippen LogP contribution in [0.15, 0.2) is 48.5 Å². The molecule has 3 aromatic rings. The lowest BCUT2D eigenvalue weighted by Crippen LogP contribution is -2.31. The van der Waals surface area contributed by atoms with Crippen molar-refractivity contribution in [2.45, 2.75) is 25.5 Å². The molecule has 4 rings (SSSR count). The Morgan fingerprint density at radius 1 is 1.19 bits per heavy atom. The van der Waals surface area contributed by atoms with Crippen LogP contribution < -0.4 is 4.74 Å². The molecule has 1 fully saturated rings. The number of halogens is 2. The highest BCUT2D eigenvalue weighted by Crippen LogP contribution is 2.32. The lowest BCUT2D eigenvalue weighted by molar-refractivity contribution is -0.0498. The second-order valence-corrected chi connectivity index (χ2v) is 6.20. The van der Waals surface area contributed by atoms with Gasteiger partial charge >= 0.3 is 6.61 Å². The molecule has 1 saturated heterocycles. The number of H-pyrrole nitrogens is 1. The van der Waals surface area contributed by atoms with E-state index in [4.69, 9.17) is 0 Å². The van der Waals surface area contributed by atoms with Crippen molar-refractivity contribution in [1.29, 1.82) is 0 Å². The number of aromatic nitrogens is 2. The predicted octanol–water partition coefficient (Wildman–Crippen LogP) is 4.14. The summed E-state index contributed by atoms with van der Waals surface area (Å²) in [6.07, 6.45) is 1.72. The van der Waals surface area contributed by atoms with Gasteiger partial charge < -0.3 is 14.6 Å². The van der Waals surface area contributed by atoms with E-state index < -0.39 is 6.61 Å². The second-order valence-electron chi connectivity index (χ2n) is 6.20. The summed E-state index contributed by atoms with van der Waals surface area (Å²) in [5.41, 5.74) is 2.25. The first-order valence-corrected chi connectivity index (χ1v) is 8.42. The van der Waals surface area contributed by atoms with Gasteiger partial charge in [0.1, 0.15) is 11.6 Å². The van der Waals surface area contributed by atoms with E-state index in [-0.39, 0.29) is 17.7 Å². The van der Waals surface area contributed by atoms with Crippen LogP contribution in [0.2, 0.25) is 0 Å². The quantitative estimate of drug-likeness (QED) is 0.763. The van der Waals surface area contributed by atoms with E-state index in [2.05, 4.69) is 14.7 Å². The minimum atomic E-state index is -2.88. The van der Waals surface area contributed by atoms with E-state index in [9.17, 15) is 13.6 Å². The average Bonchev–Trinajstić information content (AvgIpc) is 3.27. The molecular weight excluding hydrogens is 340 g/mol. The predicted molar refractivity (Wildman–Crippen MR) is 92.2 cm³/mol. The molecule has 1 aliphatic rings. The first kappa shape index (κ1) is 16.5. The molecular formula is C19H17F2N3O2. The summed E-state index contributed by atoms with van der Waals surface area (Å²) in [5.74, 6) is 0.665. The number of nitrogens with one attached hydrogen (secondary N) is 1. The van der Waals surface area contributed by atoms with Gasteiger partial charge in [-0.1, -0.05) is 12.1 Å². The molecule has 2 heterocycles. The minimum Gasteiger partial charge on any atom is -0.435 e. The fourth-order valence-corrected chi connectivity index (χ4v) is 3.37. The molecule has 26 heavy (non-hydrogen) atoms. The Morgan fingerprint density at radius 3 is 2.69 bits per heavy atom. The minimum absolute atomic E-state index is 0.0341. The van der Waals surface area contributed by atoms with Crippen LogP contribution >= 0.6 is 0 Å². The molecule has 1 N–H and O–H groups in total. The van der Waals surface area contributed by atoms with Crippen molar-refractivity contribution >= 4 is 16.9 Å². The lowest BCUT2D eigenvalue weighted by atomic mass is 10.1. The Hall–Kier alpha value is -2.96. The van der Waals surface area contributed by atoms with Crippen molar-refractivity contribution in [3.8, 4) is 5.75 Å². The van der Waals surface area contributed by atoms with Gasteiger partial charge in [0.25, 0.3) is 5.91 Å². The smallest absolute Gasteiger partial charge is 0.387 e. The number of para-hydroxylation sites is 2. The number of hydrogen-bond donors (Lipinski definition) is 1. The van der Waals surface area contributed by atoms with Gasteiger partial charge in [-0.15, -0.1) is 0 Å². The van der Waals surface area contributed by atoms with Crippen LogP contribution in [0.5, 0.6) is 5.75 Å². The fraction of sp³-hybridized carbons (Fsp3) is 0.263. The maximum Gasteiger partial charge on any atom is 0.387 e. The average molecular weight is 357 g/mol. The summed E-state index contributed by atoms with van der Waals surface area (Å²) in [4.78, 5) is 22.6. The molecule has 2 aromatic carbocycles. The number of imidazole rings is 1. The number of carbonyl (C=O) groups is 1. The number of likely N-dealkylation sites (tertiary alicyclic amines) is 1. The first-order valence-electron chi connectivity index (χ1n) is 8.42. The molecule has 5 nitrogen and oxygen atoms in total. The summed E-state index contributed by atoms with van der Waals surface area (Å²) in [7, 11) is 0. The van der Waals surface area contributed by atoms with Crippen molar-refractivity contribution in [2.75, 3.05) is 6.54 Å². The van der Waals surface area contributed by atoms with Crippen molar-refractivity contribution in [2.24, 2.45) is 0 Å². The zero-order valence-electron chi connectivity index (χ0n) is 13.9. The van der Waals surface area contributed by atoms with E-state index in [1.807, 2.05) is 24.3 Å². The van der Waals surface area contributed by atoms with Gasteiger partial charge in [0.15, 0.2) is 0 Å². The lowest BCUT2D eigenvalue weighted by Gasteiger charge is -2.23. The van der Waals surface area contributed by atoms with Gasteiger partial charge in [0.05, 0.1) is 17.1 Å². The Balaban J connectivity index is 1.56. The number of alkyl halides is 2. The SMILES string of the molecule is O=C(c1ccc(OC(F)F)cc1)N1CCC[C@H]1c1nc2ccccc2[nH]1. The zero-order valence-corrected chi connectivity index (χ0v) is 13.9. The van der Waals surface area contributed by atoms with Crippen molar-refractivity contribution < 1.29 is 18.3 Å². The largest absolute Gasteiger partial charge is 0.435 e. The van der Waals surface area contributed by atoms with Crippen LogP contribution in [0.3, 0.4) is 0 Å². The molecule has 1 atom stereocenters. The molecule has 0 bridgehead atoms. The maximum absolute atomic E-state index is 12.9. The first-order chi connectivity index (χ1) is 12.6. The number of amides is 1. The topological polar surface area (TPSA) is 58.2 Å². The second kappa shape index (κ2) is 6.74. The Labute approximate surface area is 148 Å². The molecule has 0 aliphatic carbocycles.